The fraction of sp³-hybridized carbons (Fsp3) is 0.269. The molecule has 2 aromatic carbocycles. The molecule has 0 saturated carbocycles. The van der Waals surface area contributed by atoms with Crippen LogP contribution in [0.15, 0.2) is 54.7 Å². The molecule has 34 heavy (non-hydrogen) atoms. The summed E-state index contributed by atoms with van der Waals surface area (Å²) in [7, 11) is 0. The summed E-state index contributed by atoms with van der Waals surface area (Å²) < 4.78 is 13.6. The average Bonchev–Trinajstić information content (AvgIpc) is 3.54. The third kappa shape index (κ3) is 4.46. The van der Waals surface area contributed by atoms with Crippen LogP contribution in [0.2, 0.25) is 0 Å². The largest absolute Gasteiger partial charge is 0.361 e. The number of hydrogen-bond donors (Lipinski definition) is 2. The van der Waals surface area contributed by atoms with Crippen LogP contribution in [0.1, 0.15) is 23.8 Å². The lowest BCUT2D eigenvalue weighted by atomic mass is 10.1. The van der Waals surface area contributed by atoms with Crippen molar-refractivity contribution in [1.29, 1.82) is 0 Å². The Morgan fingerprint density at radius 3 is 2.88 bits per heavy atom. The third-order valence-corrected chi connectivity index (χ3v) is 7.38. The van der Waals surface area contributed by atoms with Crippen LogP contribution in [0, 0.1) is 11.7 Å². The van der Waals surface area contributed by atoms with Gasteiger partial charge in [0.25, 0.3) is 0 Å². The van der Waals surface area contributed by atoms with Gasteiger partial charge in [-0.25, -0.2) is 9.37 Å². The van der Waals surface area contributed by atoms with E-state index in [0.717, 1.165) is 39.0 Å². The Labute approximate surface area is 200 Å². The van der Waals surface area contributed by atoms with E-state index in [-0.39, 0.29) is 24.1 Å². The highest BCUT2D eigenvalue weighted by molar-refractivity contribution is 7.16. The van der Waals surface area contributed by atoms with Crippen molar-refractivity contribution in [3.63, 3.8) is 0 Å². The molecule has 5 rings (SSSR count). The molecule has 6 nitrogen and oxygen atoms in total. The van der Waals surface area contributed by atoms with Crippen molar-refractivity contribution in [2.24, 2.45) is 5.92 Å². The quantitative estimate of drug-likeness (QED) is 0.393. The molecule has 2 amide bonds. The Bertz CT molecular complexity index is 1350. The Hall–Kier alpha value is -3.52. The monoisotopic (exact) mass is 476 g/mol. The van der Waals surface area contributed by atoms with Crippen LogP contribution in [0.3, 0.4) is 0 Å². The van der Waals surface area contributed by atoms with E-state index < -0.39 is 5.92 Å². The molecular weight excluding hydrogens is 451 g/mol. The number of thiazole rings is 1. The highest BCUT2D eigenvalue weighted by atomic mass is 32.1. The number of aromatic amines is 1. The Balaban J connectivity index is 1.22. The normalized spacial score (nSPS) is 15.9. The van der Waals surface area contributed by atoms with Crippen LogP contribution in [0.25, 0.3) is 22.2 Å². The van der Waals surface area contributed by atoms with E-state index in [2.05, 4.69) is 22.2 Å². The van der Waals surface area contributed by atoms with Crippen LogP contribution >= 0.6 is 11.3 Å². The van der Waals surface area contributed by atoms with Crippen LogP contribution in [-0.4, -0.2) is 39.8 Å². The zero-order chi connectivity index (χ0) is 23.7. The average molecular weight is 477 g/mol. The second-order valence-corrected chi connectivity index (χ2v) is 9.58. The second kappa shape index (κ2) is 9.38. The molecule has 2 aromatic heterocycles. The van der Waals surface area contributed by atoms with Gasteiger partial charge in [-0.15, -0.1) is 11.3 Å². The van der Waals surface area contributed by atoms with E-state index in [4.69, 9.17) is 0 Å². The highest BCUT2D eigenvalue weighted by Gasteiger charge is 2.34. The van der Waals surface area contributed by atoms with Gasteiger partial charge in [0.2, 0.25) is 11.8 Å². The first-order valence-electron chi connectivity index (χ1n) is 11.4. The molecular formula is C26H25FN4O2S. The zero-order valence-electron chi connectivity index (χ0n) is 18.8. The lowest BCUT2D eigenvalue weighted by Crippen LogP contribution is -2.30. The number of benzene rings is 2. The summed E-state index contributed by atoms with van der Waals surface area (Å²) in [5, 5.41) is 4.32. The molecule has 1 fully saturated rings. The lowest BCUT2D eigenvalue weighted by molar-refractivity contribution is -0.128. The Morgan fingerprint density at radius 1 is 1.26 bits per heavy atom. The van der Waals surface area contributed by atoms with Gasteiger partial charge in [0, 0.05) is 47.1 Å². The number of anilines is 1. The summed E-state index contributed by atoms with van der Waals surface area (Å²) in [6, 6.07) is 14.6. The molecule has 174 valence electrons. The number of hydrogen-bond acceptors (Lipinski definition) is 4. The number of fused-ring (bicyclic) bond motifs is 1. The molecule has 1 saturated heterocycles. The fourth-order valence-corrected chi connectivity index (χ4v) is 5.38. The summed E-state index contributed by atoms with van der Waals surface area (Å²) >= 11 is 1.48. The summed E-state index contributed by atoms with van der Waals surface area (Å²) in [6.45, 7) is 2.93. The first kappa shape index (κ1) is 22.3. The summed E-state index contributed by atoms with van der Waals surface area (Å²) in [6.07, 6.45) is 3.46. The minimum absolute atomic E-state index is 0.0375. The zero-order valence-corrected chi connectivity index (χ0v) is 19.6. The molecule has 0 radical (unpaired) electrons. The number of aromatic nitrogens is 2. The molecule has 1 aliphatic heterocycles. The van der Waals surface area contributed by atoms with Gasteiger partial charge in [-0.2, -0.15) is 0 Å². The first-order chi connectivity index (χ1) is 16.5. The van der Waals surface area contributed by atoms with Crippen molar-refractivity contribution in [3.05, 3.63) is 71.0 Å². The molecule has 8 heteroatoms. The Kier molecular flexibility index (Phi) is 6.15. The number of carbonyl (C=O) groups is 2. The van der Waals surface area contributed by atoms with Crippen LogP contribution in [0.4, 0.5) is 9.52 Å². The maximum absolute atomic E-state index is 13.6. The SMILES string of the molecule is CCc1sc(NC(=O)C2CC(=O)N(CCc3c[nH]c4ccc(F)cc34)C2)nc1-c1ccccc1. The van der Waals surface area contributed by atoms with Crippen molar-refractivity contribution in [2.45, 2.75) is 26.2 Å². The molecule has 4 aromatic rings. The molecule has 1 aliphatic rings. The highest BCUT2D eigenvalue weighted by Crippen LogP contribution is 2.32. The van der Waals surface area contributed by atoms with E-state index >= 15 is 0 Å². The van der Waals surface area contributed by atoms with Crippen molar-refractivity contribution in [1.82, 2.24) is 14.9 Å². The van der Waals surface area contributed by atoms with Gasteiger partial charge in [0.15, 0.2) is 5.13 Å². The van der Waals surface area contributed by atoms with Crippen molar-refractivity contribution in [2.75, 3.05) is 18.4 Å². The van der Waals surface area contributed by atoms with Gasteiger partial charge in [0.05, 0.1) is 11.6 Å². The smallest absolute Gasteiger partial charge is 0.231 e. The van der Waals surface area contributed by atoms with Gasteiger partial charge in [0.1, 0.15) is 5.82 Å². The summed E-state index contributed by atoms with van der Waals surface area (Å²) in [5.41, 5.74) is 3.74. The predicted octanol–water partition coefficient (Wildman–Crippen LogP) is 5.02. The third-order valence-electron chi connectivity index (χ3n) is 6.26. The topological polar surface area (TPSA) is 78.1 Å². The Morgan fingerprint density at radius 2 is 2.09 bits per heavy atom. The van der Waals surface area contributed by atoms with E-state index in [9.17, 15) is 14.0 Å². The van der Waals surface area contributed by atoms with Crippen molar-refractivity contribution < 1.29 is 14.0 Å². The van der Waals surface area contributed by atoms with Gasteiger partial charge in [-0.1, -0.05) is 37.3 Å². The second-order valence-electron chi connectivity index (χ2n) is 8.49. The van der Waals surface area contributed by atoms with Crippen LogP contribution in [0.5, 0.6) is 0 Å². The number of rotatable bonds is 7. The molecule has 0 spiro atoms. The number of nitrogens with one attached hydrogen (secondary N) is 2. The maximum Gasteiger partial charge on any atom is 0.231 e. The molecule has 1 atom stereocenters. The van der Waals surface area contributed by atoms with Gasteiger partial charge < -0.3 is 15.2 Å². The first-order valence-corrected chi connectivity index (χ1v) is 12.2. The van der Waals surface area contributed by atoms with Crippen LogP contribution < -0.4 is 5.32 Å². The number of aryl methyl sites for hydroxylation is 1. The number of H-pyrrole nitrogens is 1. The van der Waals surface area contributed by atoms with E-state index in [1.165, 1.54) is 23.5 Å². The van der Waals surface area contributed by atoms with Gasteiger partial charge in [-0.3, -0.25) is 9.59 Å². The molecule has 3 heterocycles. The fourth-order valence-electron chi connectivity index (χ4n) is 4.45. The van der Waals surface area contributed by atoms with E-state index in [1.54, 1.807) is 11.0 Å². The number of carbonyl (C=O) groups excluding carboxylic acids is 2. The standard InChI is InChI=1S/C26H25FN4O2S/c1-2-22-24(16-6-4-3-5-7-16)29-26(34-22)30-25(33)18-12-23(32)31(15-18)11-10-17-14-28-21-9-8-19(27)13-20(17)21/h3-9,13-14,18,28H,2,10-12,15H2,1H3,(H,29,30,33). The van der Waals surface area contributed by atoms with E-state index in [0.29, 0.717) is 24.6 Å². The van der Waals surface area contributed by atoms with Crippen LogP contribution in [-0.2, 0) is 22.4 Å². The van der Waals surface area contributed by atoms with Crippen molar-refractivity contribution >= 4 is 39.2 Å². The molecule has 0 bridgehead atoms. The van der Waals surface area contributed by atoms with Crippen molar-refractivity contribution in [3.8, 4) is 11.3 Å². The minimum Gasteiger partial charge on any atom is -0.361 e. The number of nitrogens with zero attached hydrogens (tertiary/aromatic N) is 2. The van der Waals surface area contributed by atoms with Gasteiger partial charge >= 0.3 is 0 Å². The molecule has 1 unspecified atom stereocenters. The molecule has 2 N–H and O–H groups in total. The minimum atomic E-state index is -0.415. The number of halogens is 1. The predicted molar refractivity (Wildman–Crippen MR) is 132 cm³/mol. The lowest BCUT2D eigenvalue weighted by Gasteiger charge is -2.16. The van der Waals surface area contributed by atoms with Gasteiger partial charge in [-0.05, 0) is 36.6 Å². The summed E-state index contributed by atoms with van der Waals surface area (Å²) in [4.78, 5) is 36.1. The van der Waals surface area contributed by atoms with E-state index in [1.807, 2.05) is 36.5 Å². The maximum atomic E-state index is 13.6. The summed E-state index contributed by atoms with van der Waals surface area (Å²) in [5.74, 6) is -0.918. The molecule has 0 aliphatic carbocycles. The number of likely N-dealkylation sites (tertiary alicyclic amines) is 1. The number of amides is 2.